The molecule has 1 saturated heterocycles. The molecule has 1 atom stereocenters. The van der Waals surface area contributed by atoms with Crippen LogP contribution in [0.15, 0.2) is 48.5 Å². The normalized spacial score (nSPS) is 16.4. The van der Waals surface area contributed by atoms with Gasteiger partial charge in [0.2, 0.25) is 0 Å². The summed E-state index contributed by atoms with van der Waals surface area (Å²) < 4.78 is 5.47. The maximum absolute atomic E-state index is 12.6. The number of ether oxygens (including phenoxy) is 1. The van der Waals surface area contributed by atoms with Crippen molar-refractivity contribution in [3.63, 3.8) is 0 Å². The Morgan fingerprint density at radius 2 is 1.84 bits per heavy atom. The lowest BCUT2D eigenvalue weighted by Crippen LogP contribution is -2.43. The summed E-state index contributed by atoms with van der Waals surface area (Å²) in [7, 11) is 0. The van der Waals surface area contributed by atoms with Gasteiger partial charge >= 0.3 is 0 Å². The maximum atomic E-state index is 12.6. The molecule has 0 saturated carbocycles. The molecule has 1 unspecified atom stereocenters. The van der Waals surface area contributed by atoms with E-state index in [9.17, 15) is 4.79 Å². The van der Waals surface area contributed by atoms with E-state index in [2.05, 4.69) is 10.2 Å². The highest BCUT2D eigenvalue weighted by Crippen LogP contribution is 2.23. The van der Waals surface area contributed by atoms with E-state index in [-0.39, 0.29) is 11.9 Å². The first-order valence-electron chi connectivity index (χ1n) is 8.56. The van der Waals surface area contributed by atoms with E-state index in [1.54, 1.807) is 0 Å². The molecule has 1 heterocycles. The van der Waals surface area contributed by atoms with E-state index in [0.29, 0.717) is 11.6 Å². The number of hydrogen-bond acceptors (Lipinski definition) is 3. The first-order valence-corrected chi connectivity index (χ1v) is 8.94. The second-order valence-corrected chi connectivity index (χ2v) is 6.68. The Kier molecular flexibility index (Phi) is 6.08. The number of morpholine rings is 1. The molecule has 1 N–H and O–H groups in total. The van der Waals surface area contributed by atoms with Crippen LogP contribution in [0.2, 0.25) is 5.02 Å². The summed E-state index contributed by atoms with van der Waals surface area (Å²) in [5.74, 6) is -0.0367. The average molecular weight is 359 g/mol. The molecule has 0 radical (unpaired) electrons. The molecule has 3 rings (SSSR count). The number of hydrogen-bond donors (Lipinski definition) is 1. The lowest BCUT2D eigenvalue weighted by molar-refractivity contribution is 0.0162. The van der Waals surface area contributed by atoms with Crippen molar-refractivity contribution in [3.05, 3.63) is 70.2 Å². The minimum absolute atomic E-state index is 0.0367. The minimum atomic E-state index is -0.0367. The fourth-order valence-corrected chi connectivity index (χ4v) is 3.27. The van der Waals surface area contributed by atoms with Crippen molar-refractivity contribution in [3.8, 4) is 0 Å². The molecule has 5 heteroatoms. The Morgan fingerprint density at radius 1 is 1.16 bits per heavy atom. The Labute approximate surface area is 153 Å². The SMILES string of the molecule is Cc1ccccc1C(=O)NCC(c1ccc(Cl)cc1)N1CCOCC1. The smallest absolute Gasteiger partial charge is 0.251 e. The summed E-state index contributed by atoms with van der Waals surface area (Å²) >= 11 is 6.02. The quantitative estimate of drug-likeness (QED) is 0.890. The van der Waals surface area contributed by atoms with Gasteiger partial charge in [0.1, 0.15) is 0 Å². The second kappa shape index (κ2) is 8.48. The van der Waals surface area contributed by atoms with Crippen molar-refractivity contribution >= 4 is 17.5 Å². The van der Waals surface area contributed by atoms with Crippen LogP contribution < -0.4 is 5.32 Å². The number of nitrogens with one attached hydrogen (secondary N) is 1. The zero-order chi connectivity index (χ0) is 17.6. The van der Waals surface area contributed by atoms with Gasteiger partial charge in [-0.2, -0.15) is 0 Å². The summed E-state index contributed by atoms with van der Waals surface area (Å²) in [6.07, 6.45) is 0. The number of aryl methyl sites for hydroxylation is 1. The van der Waals surface area contributed by atoms with Crippen LogP contribution in [0.5, 0.6) is 0 Å². The van der Waals surface area contributed by atoms with Crippen LogP contribution in [0.4, 0.5) is 0 Å². The van der Waals surface area contributed by atoms with E-state index in [4.69, 9.17) is 16.3 Å². The van der Waals surface area contributed by atoms with Crippen LogP contribution >= 0.6 is 11.6 Å². The third kappa shape index (κ3) is 4.60. The van der Waals surface area contributed by atoms with E-state index in [1.807, 2.05) is 55.5 Å². The van der Waals surface area contributed by atoms with Crippen LogP contribution in [0.3, 0.4) is 0 Å². The van der Waals surface area contributed by atoms with Crippen LogP contribution in [0, 0.1) is 6.92 Å². The van der Waals surface area contributed by atoms with Gasteiger partial charge in [-0.25, -0.2) is 0 Å². The number of rotatable bonds is 5. The summed E-state index contributed by atoms with van der Waals surface area (Å²) in [4.78, 5) is 14.9. The average Bonchev–Trinajstić information content (AvgIpc) is 2.64. The molecule has 1 amide bonds. The molecular weight excluding hydrogens is 336 g/mol. The van der Waals surface area contributed by atoms with Gasteiger partial charge in [0.05, 0.1) is 19.3 Å². The molecule has 0 bridgehead atoms. The van der Waals surface area contributed by atoms with Crippen molar-refractivity contribution in [2.75, 3.05) is 32.8 Å². The molecule has 2 aromatic carbocycles. The number of amides is 1. The minimum Gasteiger partial charge on any atom is -0.379 e. The van der Waals surface area contributed by atoms with Crippen LogP contribution in [0.1, 0.15) is 27.5 Å². The fourth-order valence-electron chi connectivity index (χ4n) is 3.14. The van der Waals surface area contributed by atoms with Crippen molar-refractivity contribution in [2.24, 2.45) is 0 Å². The molecule has 1 aliphatic heterocycles. The zero-order valence-electron chi connectivity index (χ0n) is 14.4. The van der Waals surface area contributed by atoms with Crippen LogP contribution in [0.25, 0.3) is 0 Å². The fraction of sp³-hybridized carbons (Fsp3) is 0.350. The van der Waals surface area contributed by atoms with Crippen LogP contribution in [-0.2, 0) is 4.74 Å². The predicted octanol–water partition coefficient (Wildman–Crippen LogP) is 3.45. The summed E-state index contributed by atoms with van der Waals surface area (Å²) in [5.41, 5.74) is 2.85. The molecular formula is C20H23ClN2O2. The predicted molar refractivity (Wildman–Crippen MR) is 100 cm³/mol. The third-order valence-corrected chi connectivity index (χ3v) is 4.84. The van der Waals surface area contributed by atoms with E-state index in [1.165, 1.54) is 0 Å². The molecule has 1 fully saturated rings. The lowest BCUT2D eigenvalue weighted by Gasteiger charge is -2.35. The monoisotopic (exact) mass is 358 g/mol. The first kappa shape index (κ1) is 17.9. The topological polar surface area (TPSA) is 41.6 Å². The molecule has 1 aliphatic rings. The van der Waals surface area contributed by atoms with Crippen molar-refractivity contribution in [1.29, 1.82) is 0 Å². The number of nitrogens with zero attached hydrogens (tertiary/aromatic N) is 1. The van der Waals surface area contributed by atoms with E-state index < -0.39 is 0 Å². The van der Waals surface area contributed by atoms with Gasteiger partial charge in [-0.15, -0.1) is 0 Å². The maximum Gasteiger partial charge on any atom is 0.251 e. The van der Waals surface area contributed by atoms with Crippen molar-refractivity contribution in [2.45, 2.75) is 13.0 Å². The summed E-state index contributed by atoms with van der Waals surface area (Å²) in [5, 5.41) is 3.81. The highest BCUT2D eigenvalue weighted by atomic mass is 35.5. The molecule has 132 valence electrons. The van der Waals surface area contributed by atoms with E-state index >= 15 is 0 Å². The highest BCUT2D eigenvalue weighted by molar-refractivity contribution is 6.30. The molecule has 25 heavy (non-hydrogen) atoms. The van der Waals surface area contributed by atoms with Crippen LogP contribution in [-0.4, -0.2) is 43.7 Å². The van der Waals surface area contributed by atoms with Gasteiger partial charge in [-0.05, 0) is 36.2 Å². The van der Waals surface area contributed by atoms with Gasteiger partial charge in [0, 0.05) is 30.2 Å². The van der Waals surface area contributed by atoms with Gasteiger partial charge in [0.15, 0.2) is 0 Å². The number of halogens is 1. The zero-order valence-corrected chi connectivity index (χ0v) is 15.1. The van der Waals surface area contributed by atoms with Gasteiger partial charge < -0.3 is 10.1 Å². The molecule has 0 spiro atoms. The van der Waals surface area contributed by atoms with Gasteiger partial charge in [-0.3, -0.25) is 9.69 Å². The lowest BCUT2D eigenvalue weighted by atomic mass is 10.0. The number of benzene rings is 2. The number of carbonyl (C=O) groups excluding carboxylic acids is 1. The summed E-state index contributed by atoms with van der Waals surface area (Å²) in [6, 6.07) is 15.6. The Balaban J connectivity index is 1.74. The molecule has 0 aliphatic carbocycles. The van der Waals surface area contributed by atoms with Gasteiger partial charge in [0.25, 0.3) is 5.91 Å². The second-order valence-electron chi connectivity index (χ2n) is 6.24. The third-order valence-electron chi connectivity index (χ3n) is 4.59. The largest absolute Gasteiger partial charge is 0.379 e. The molecule has 0 aromatic heterocycles. The van der Waals surface area contributed by atoms with Crippen molar-refractivity contribution < 1.29 is 9.53 Å². The highest BCUT2D eigenvalue weighted by Gasteiger charge is 2.23. The molecule has 2 aromatic rings. The Morgan fingerprint density at radius 3 is 2.52 bits per heavy atom. The van der Waals surface area contributed by atoms with Gasteiger partial charge in [-0.1, -0.05) is 41.9 Å². The standard InChI is InChI=1S/C20H23ClN2O2/c1-15-4-2-3-5-18(15)20(24)22-14-19(23-10-12-25-13-11-23)16-6-8-17(21)9-7-16/h2-9,19H,10-14H2,1H3,(H,22,24). The summed E-state index contributed by atoms with van der Waals surface area (Å²) in [6.45, 7) is 5.65. The van der Waals surface area contributed by atoms with E-state index in [0.717, 1.165) is 43.0 Å². The Hall–Kier alpha value is -1.88. The Bertz CT molecular complexity index is 712. The van der Waals surface area contributed by atoms with Crippen molar-refractivity contribution in [1.82, 2.24) is 10.2 Å². The number of carbonyl (C=O) groups is 1. The first-order chi connectivity index (χ1) is 12.1. The molecule has 4 nitrogen and oxygen atoms in total.